The molecule has 2 N–H and O–H groups in total. The van der Waals surface area contributed by atoms with Crippen LogP contribution in [0.25, 0.3) is 0 Å². The van der Waals surface area contributed by atoms with Crippen LogP contribution in [-0.2, 0) is 4.79 Å². The lowest BCUT2D eigenvalue weighted by molar-refractivity contribution is -0.117. The smallest absolute Gasteiger partial charge is 0.241 e. The molecule has 1 unspecified atom stereocenters. The van der Waals surface area contributed by atoms with Gasteiger partial charge >= 0.3 is 0 Å². The van der Waals surface area contributed by atoms with Crippen LogP contribution in [0.3, 0.4) is 0 Å². The molecule has 2 heterocycles. The van der Waals surface area contributed by atoms with Gasteiger partial charge in [0.1, 0.15) is 0 Å². The number of aromatic nitrogens is 1. The summed E-state index contributed by atoms with van der Waals surface area (Å²) in [5.74, 6) is 0.0400. The topological polar surface area (TPSA) is 54.0 Å². The number of nitrogens with zero attached hydrogens (tertiary/aromatic N) is 1. The Morgan fingerprint density at radius 3 is 2.94 bits per heavy atom. The van der Waals surface area contributed by atoms with Gasteiger partial charge < -0.3 is 10.6 Å². The molecule has 0 spiro atoms. The first kappa shape index (κ1) is 12.9. The number of halogens is 1. The van der Waals surface area contributed by atoms with E-state index < -0.39 is 0 Å². The number of aryl methyl sites for hydroxylation is 1. The van der Waals surface area contributed by atoms with E-state index in [1.165, 1.54) is 0 Å². The van der Waals surface area contributed by atoms with E-state index in [-0.39, 0.29) is 24.4 Å². The molecule has 88 valence electrons. The van der Waals surface area contributed by atoms with Crippen LogP contribution in [0.2, 0.25) is 0 Å². The maximum atomic E-state index is 11.7. The number of amides is 1. The number of nitrogens with one attached hydrogen (secondary N) is 2. The van der Waals surface area contributed by atoms with Crippen LogP contribution in [0, 0.1) is 6.92 Å². The van der Waals surface area contributed by atoms with Gasteiger partial charge in [-0.2, -0.15) is 0 Å². The highest BCUT2D eigenvalue weighted by Crippen LogP contribution is 2.10. The standard InChI is InChI=1S/C11H15N3O.ClH/c1-8-4-5-9(7-13-8)14-11(15)10-3-2-6-12-10;/h4-5,7,10,12H,2-3,6H2,1H3,(H,14,15);1H. The molecule has 1 aliphatic heterocycles. The van der Waals surface area contributed by atoms with E-state index in [4.69, 9.17) is 0 Å². The van der Waals surface area contributed by atoms with Crippen molar-refractivity contribution in [1.29, 1.82) is 0 Å². The Morgan fingerprint density at radius 1 is 1.56 bits per heavy atom. The zero-order valence-corrected chi connectivity index (χ0v) is 10.0. The van der Waals surface area contributed by atoms with Crippen molar-refractivity contribution in [1.82, 2.24) is 10.3 Å². The summed E-state index contributed by atoms with van der Waals surface area (Å²) >= 11 is 0. The fourth-order valence-corrected chi connectivity index (χ4v) is 1.68. The fraction of sp³-hybridized carbons (Fsp3) is 0.455. The number of rotatable bonds is 2. The van der Waals surface area contributed by atoms with Crippen molar-refractivity contribution in [3.8, 4) is 0 Å². The van der Waals surface area contributed by atoms with Gasteiger partial charge in [-0.25, -0.2) is 0 Å². The van der Waals surface area contributed by atoms with E-state index in [1.807, 2.05) is 19.1 Å². The predicted octanol–water partition coefficient (Wildman–Crippen LogP) is 1.50. The second-order valence-corrected chi connectivity index (χ2v) is 3.83. The van der Waals surface area contributed by atoms with Crippen LogP contribution in [0.4, 0.5) is 5.69 Å². The summed E-state index contributed by atoms with van der Waals surface area (Å²) in [6.45, 7) is 2.86. The molecular weight excluding hydrogens is 226 g/mol. The summed E-state index contributed by atoms with van der Waals surface area (Å²) in [5.41, 5.74) is 1.71. The zero-order chi connectivity index (χ0) is 10.7. The van der Waals surface area contributed by atoms with Crippen molar-refractivity contribution in [2.24, 2.45) is 0 Å². The van der Waals surface area contributed by atoms with E-state index in [9.17, 15) is 4.79 Å². The molecule has 1 aliphatic rings. The molecule has 0 saturated carbocycles. The minimum absolute atomic E-state index is 0. The molecule has 1 amide bonds. The van der Waals surface area contributed by atoms with Crippen LogP contribution in [0.15, 0.2) is 18.3 Å². The van der Waals surface area contributed by atoms with Crippen LogP contribution in [0.5, 0.6) is 0 Å². The fourth-order valence-electron chi connectivity index (χ4n) is 1.68. The van der Waals surface area contributed by atoms with Gasteiger partial charge in [-0.1, -0.05) is 0 Å². The van der Waals surface area contributed by atoms with Crippen LogP contribution in [-0.4, -0.2) is 23.5 Å². The summed E-state index contributed by atoms with van der Waals surface area (Å²) in [7, 11) is 0. The molecule has 0 radical (unpaired) electrons. The average Bonchev–Trinajstić information content (AvgIpc) is 2.74. The zero-order valence-electron chi connectivity index (χ0n) is 9.19. The third kappa shape index (κ3) is 3.18. The monoisotopic (exact) mass is 241 g/mol. The van der Waals surface area contributed by atoms with Gasteiger partial charge in [0.2, 0.25) is 5.91 Å². The minimum atomic E-state index is -0.0358. The SMILES string of the molecule is Cc1ccc(NC(=O)C2CCCN2)cn1.Cl. The van der Waals surface area contributed by atoms with Gasteiger partial charge in [-0.3, -0.25) is 9.78 Å². The summed E-state index contributed by atoms with van der Waals surface area (Å²) in [6.07, 6.45) is 3.68. The Labute approximate surface area is 101 Å². The van der Waals surface area contributed by atoms with Crippen molar-refractivity contribution in [3.05, 3.63) is 24.0 Å². The number of carbonyl (C=O) groups excluding carboxylic acids is 1. The van der Waals surface area contributed by atoms with E-state index in [0.29, 0.717) is 0 Å². The Bertz CT molecular complexity index is 347. The molecule has 4 nitrogen and oxygen atoms in total. The number of pyridine rings is 1. The first-order valence-corrected chi connectivity index (χ1v) is 5.22. The molecule has 0 aliphatic carbocycles. The number of carbonyl (C=O) groups is 1. The van der Waals surface area contributed by atoms with Gasteiger partial charge in [0.05, 0.1) is 17.9 Å². The Morgan fingerprint density at radius 2 is 2.38 bits per heavy atom. The second-order valence-electron chi connectivity index (χ2n) is 3.83. The molecule has 5 heteroatoms. The maximum Gasteiger partial charge on any atom is 0.241 e. The van der Waals surface area contributed by atoms with Crippen molar-refractivity contribution in [3.63, 3.8) is 0 Å². The average molecular weight is 242 g/mol. The van der Waals surface area contributed by atoms with Crippen molar-refractivity contribution >= 4 is 24.0 Å². The highest BCUT2D eigenvalue weighted by atomic mass is 35.5. The number of hydrogen-bond donors (Lipinski definition) is 2. The molecule has 1 saturated heterocycles. The summed E-state index contributed by atoms with van der Waals surface area (Å²) in [4.78, 5) is 15.8. The third-order valence-electron chi connectivity index (χ3n) is 2.56. The molecule has 0 aromatic carbocycles. The minimum Gasteiger partial charge on any atom is -0.323 e. The Kier molecular flexibility index (Phi) is 4.71. The molecule has 2 rings (SSSR count). The van der Waals surface area contributed by atoms with Gasteiger partial charge in [0.15, 0.2) is 0 Å². The maximum absolute atomic E-state index is 11.7. The first-order chi connectivity index (χ1) is 7.25. The lowest BCUT2D eigenvalue weighted by atomic mass is 10.2. The van der Waals surface area contributed by atoms with E-state index in [1.54, 1.807) is 6.20 Å². The Balaban J connectivity index is 0.00000128. The Hall–Kier alpha value is -1.13. The first-order valence-electron chi connectivity index (χ1n) is 5.22. The predicted molar refractivity (Wildman–Crippen MR) is 65.9 cm³/mol. The van der Waals surface area contributed by atoms with Crippen molar-refractivity contribution < 1.29 is 4.79 Å². The lowest BCUT2D eigenvalue weighted by Crippen LogP contribution is -2.35. The van der Waals surface area contributed by atoms with Crippen LogP contribution < -0.4 is 10.6 Å². The number of anilines is 1. The normalized spacial score (nSPS) is 18.9. The molecule has 16 heavy (non-hydrogen) atoms. The quantitative estimate of drug-likeness (QED) is 0.825. The van der Waals surface area contributed by atoms with E-state index in [0.717, 1.165) is 30.8 Å². The molecule has 1 atom stereocenters. The van der Waals surface area contributed by atoms with E-state index in [2.05, 4.69) is 15.6 Å². The van der Waals surface area contributed by atoms with Crippen molar-refractivity contribution in [2.45, 2.75) is 25.8 Å². The van der Waals surface area contributed by atoms with E-state index >= 15 is 0 Å². The third-order valence-corrected chi connectivity index (χ3v) is 2.56. The summed E-state index contributed by atoms with van der Waals surface area (Å²) in [5, 5.41) is 6.00. The van der Waals surface area contributed by atoms with Gasteiger partial charge in [0.25, 0.3) is 0 Å². The van der Waals surface area contributed by atoms with Crippen LogP contribution >= 0.6 is 12.4 Å². The molecule has 1 aromatic rings. The summed E-state index contributed by atoms with van der Waals surface area (Å²) < 4.78 is 0. The molecule has 1 aromatic heterocycles. The van der Waals surface area contributed by atoms with Gasteiger partial charge in [-0.05, 0) is 38.4 Å². The highest BCUT2D eigenvalue weighted by Gasteiger charge is 2.21. The van der Waals surface area contributed by atoms with Crippen LogP contribution in [0.1, 0.15) is 18.5 Å². The molecule has 0 bridgehead atoms. The summed E-state index contributed by atoms with van der Waals surface area (Å²) in [6, 6.07) is 3.72. The van der Waals surface area contributed by atoms with Crippen molar-refractivity contribution in [2.75, 3.05) is 11.9 Å². The van der Waals surface area contributed by atoms with Gasteiger partial charge in [0, 0.05) is 5.69 Å². The number of hydrogen-bond acceptors (Lipinski definition) is 3. The lowest BCUT2D eigenvalue weighted by Gasteiger charge is -2.10. The largest absolute Gasteiger partial charge is 0.323 e. The highest BCUT2D eigenvalue weighted by molar-refractivity contribution is 5.94. The molecular formula is C11H16ClN3O. The molecule has 1 fully saturated rings. The van der Waals surface area contributed by atoms with Gasteiger partial charge in [-0.15, -0.1) is 12.4 Å². The second kappa shape index (κ2) is 5.82.